The number of primary amides is 1. The standard InChI is InChI=1S/C23H34N6O2/c1-15-19(16(2)29-23(26-15)20(13-25-29)22(24)31)7-8-21(30)27-18-9-11-28(12-10-18)14-17-5-3-4-6-17/h13,17-18H,3-12,14H2,1-2H3,(H2,24,31)(H,27,30). The van der Waals surface area contributed by atoms with Gasteiger partial charge in [-0.2, -0.15) is 5.10 Å². The fourth-order valence-electron chi connectivity index (χ4n) is 5.20. The van der Waals surface area contributed by atoms with Crippen molar-refractivity contribution in [1.29, 1.82) is 0 Å². The monoisotopic (exact) mass is 426 g/mol. The molecule has 8 nitrogen and oxygen atoms in total. The van der Waals surface area contributed by atoms with E-state index in [9.17, 15) is 9.59 Å². The molecule has 2 aromatic rings. The highest BCUT2D eigenvalue weighted by Crippen LogP contribution is 2.26. The Kier molecular flexibility index (Phi) is 6.55. The van der Waals surface area contributed by atoms with Crippen LogP contribution in [0.1, 0.15) is 72.3 Å². The van der Waals surface area contributed by atoms with Gasteiger partial charge in [-0.25, -0.2) is 9.50 Å². The summed E-state index contributed by atoms with van der Waals surface area (Å²) in [5, 5.41) is 7.48. The summed E-state index contributed by atoms with van der Waals surface area (Å²) < 4.78 is 1.64. The fourth-order valence-corrected chi connectivity index (χ4v) is 5.20. The van der Waals surface area contributed by atoms with Crippen LogP contribution in [0.15, 0.2) is 6.20 Å². The van der Waals surface area contributed by atoms with Crippen LogP contribution in [-0.4, -0.2) is 57.0 Å². The minimum absolute atomic E-state index is 0.0893. The molecule has 168 valence electrons. The fraction of sp³-hybridized carbons (Fsp3) is 0.652. The number of amides is 2. The number of nitrogens with one attached hydrogen (secondary N) is 1. The van der Waals surface area contributed by atoms with Crippen molar-refractivity contribution in [1.82, 2.24) is 24.8 Å². The minimum atomic E-state index is -0.539. The molecule has 2 amide bonds. The van der Waals surface area contributed by atoms with Gasteiger partial charge in [-0.3, -0.25) is 9.59 Å². The van der Waals surface area contributed by atoms with Crippen molar-refractivity contribution in [3.63, 3.8) is 0 Å². The van der Waals surface area contributed by atoms with Gasteiger partial charge < -0.3 is 16.0 Å². The Morgan fingerprint density at radius 3 is 2.55 bits per heavy atom. The number of piperidine rings is 1. The molecule has 31 heavy (non-hydrogen) atoms. The molecule has 0 bridgehead atoms. The maximum atomic E-state index is 12.6. The normalized spacial score (nSPS) is 18.6. The molecule has 1 aliphatic heterocycles. The maximum absolute atomic E-state index is 12.6. The lowest BCUT2D eigenvalue weighted by Crippen LogP contribution is -2.45. The van der Waals surface area contributed by atoms with E-state index in [0.29, 0.717) is 24.1 Å². The zero-order valence-corrected chi connectivity index (χ0v) is 18.7. The number of carbonyl (C=O) groups is 2. The van der Waals surface area contributed by atoms with Gasteiger partial charge in [-0.1, -0.05) is 12.8 Å². The minimum Gasteiger partial charge on any atom is -0.365 e. The Labute approximate surface area is 183 Å². The van der Waals surface area contributed by atoms with E-state index in [-0.39, 0.29) is 11.9 Å². The van der Waals surface area contributed by atoms with Gasteiger partial charge in [-0.05, 0) is 57.4 Å². The van der Waals surface area contributed by atoms with Crippen LogP contribution in [0.5, 0.6) is 0 Å². The molecule has 0 aromatic carbocycles. The summed E-state index contributed by atoms with van der Waals surface area (Å²) >= 11 is 0. The van der Waals surface area contributed by atoms with Crippen molar-refractivity contribution in [3.8, 4) is 0 Å². The van der Waals surface area contributed by atoms with Crippen molar-refractivity contribution in [3.05, 3.63) is 28.7 Å². The van der Waals surface area contributed by atoms with E-state index in [0.717, 1.165) is 48.8 Å². The third-order valence-corrected chi connectivity index (χ3v) is 7.02. The Hall–Kier alpha value is -2.48. The molecule has 0 unspecified atom stereocenters. The van der Waals surface area contributed by atoms with Crippen LogP contribution in [0.4, 0.5) is 0 Å². The zero-order valence-electron chi connectivity index (χ0n) is 18.7. The summed E-state index contributed by atoms with van der Waals surface area (Å²) in [6.45, 7) is 7.24. The Bertz CT molecular complexity index is 955. The summed E-state index contributed by atoms with van der Waals surface area (Å²) in [5.74, 6) is 0.437. The van der Waals surface area contributed by atoms with Gasteiger partial charge in [0, 0.05) is 43.5 Å². The van der Waals surface area contributed by atoms with Gasteiger partial charge in [0.15, 0.2) is 5.65 Å². The molecule has 2 aromatic heterocycles. The number of rotatable bonds is 7. The second-order valence-corrected chi connectivity index (χ2v) is 9.21. The van der Waals surface area contributed by atoms with Crippen LogP contribution in [0, 0.1) is 19.8 Å². The van der Waals surface area contributed by atoms with Gasteiger partial charge in [0.1, 0.15) is 5.56 Å². The molecule has 3 heterocycles. The summed E-state index contributed by atoms with van der Waals surface area (Å²) in [5.41, 5.74) is 8.89. The van der Waals surface area contributed by atoms with Crippen LogP contribution in [0.3, 0.4) is 0 Å². The number of aromatic nitrogens is 3. The molecule has 2 fully saturated rings. The molecular weight excluding hydrogens is 392 g/mol. The maximum Gasteiger partial charge on any atom is 0.254 e. The number of hydrogen-bond donors (Lipinski definition) is 2. The highest BCUT2D eigenvalue weighted by Gasteiger charge is 2.24. The van der Waals surface area contributed by atoms with E-state index in [1.807, 2.05) is 13.8 Å². The average Bonchev–Trinajstić information content (AvgIpc) is 3.39. The number of hydrogen-bond acceptors (Lipinski definition) is 5. The van der Waals surface area contributed by atoms with E-state index >= 15 is 0 Å². The highest BCUT2D eigenvalue weighted by molar-refractivity contribution is 5.98. The number of nitrogens with two attached hydrogens (primary N) is 1. The van der Waals surface area contributed by atoms with Crippen LogP contribution in [-0.2, 0) is 11.2 Å². The number of likely N-dealkylation sites (tertiary alicyclic amines) is 1. The van der Waals surface area contributed by atoms with Crippen molar-refractivity contribution >= 4 is 17.5 Å². The molecule has 1 saturated heterocycles. The summed E-state index contributed by atoms with van der Waals surface area (Å²) in [7, 11) is 0. The Morgan fingerprint density at radius 1 is 1.16 bits per heavy atom. The van der Waals surface area contributed by atoms with Gasteiger partial charge in [-0.15, -0.1) is 0 Å². The lowest BCUT2D eigenvalue weighted by molar-refractivity contribution is -0.122. The van der Waals surface area contributed by atoms with Crippen LogP contribution in [0.2, 0.25) is 0 Å². The summed E-state index contributed by atoms with van der Waals surface area (Å²) in [4.78, 5) is 31.3. The highest BCUT2D eigenvalue weighted by atomic mass is 16.2. The zero-order chi connectivity index (χ0) is 22.0. The first-order valence-corrected chi connectivity index (χ1v) is 11.6. The van der Waals surface area contributed by atoms with E-state index < -0.39 is 5.91 Å². The lowest BCUT2D eigenvalue weighted by atomic mass is 10.0. The van der Waals surface area contributed by atoms with Crippen molar-refractivity contribution in [2.45, 2.75) is 71.3 Å². The van der Waals surface area contributed by atoms with E-state index in [1.54, 1.807) is 4.52 Å². The quantitative estimate of drug-likeness (QED) is 0.706. The largest absolute Gasteiger partial charge is 0.365 e. The van der Waals surface area contributed by atoms with Gasteiger partial charge >= 0.3 is 0 Å². The third-order valence-electron chi connectivity index (χ3n) is 7.02. The van der Waals surface area contributed by atoms with Crippen molar-refractivity contribution in [2.75, 3.05) is 19.6 Å². The summed E-state index contributed by atoms with van der Waals surface area (Å²) in [6, 6.07) is 0.277. The second kappa shape index (κ2) is 9.34. The molecule has 0 spiro atoms. The molecule has 3 N–H and O–H groups in total. The number of aryl methyl sites for hydroxylation is 2. The average molecular weight is 427 g/mol. The lowest BCUT2D eigenvalue weighted by Gasteiger charge is -2.33. The molecule has 8 heteroatoms. The summed E-state index contributed by atoms with van der Waals surface area (Å²) in [6.07, 6.45) is 10.1. The van der Waals surface area contributed by atoms with Crippen molar-refractivity contribution in [2.24, 2.45) is 11.7 Å². The topological polar surface area (TPSA) is 106 Å². The van der Waals surface area contributed by atoms with Crippen molar-refractivity contribution < 1.29 is 9.59 Å². The Morgan fingerprint density at radius 2 is 1.87 bits per heavy atom. The molecular formula is C23H34N6O2. The van der Waals surface area contributed by atoms with E-state index in [1.165, 1.54) is 38.4 Å². The van der Waals surface area contributed by atoms with Gasteiger partial charge in [0.05, 0.1) is 6.20 Å². The number of nitrogens with zero attached hydrogens (tertiary/aromatic N) is 4. The molecule has 1 saturated carbocycles. The first-order chi connectivity index (χ1) is 14.9. The first kappa shape index (κ1) is 21.7. The molecule has 4 rings (SSSR count). The molecule has 0 atom stereocenters. The molecule has 2 aliphatic rings. The molecule has 0 radical (unpaired) electrons. The van der Waals surface area contributed by atoms with E-state index in [2.05, 4.69) is 20.3 Å². The van der Waals surface area contributed by atoms with Gasteiger partial charge in [0.25, 0.3) is 5.91 Å². The Balaban J connectivity index is 1.29. The van der Waals surface area contributed by atoms with E-state index in [4.69, 9.17) is 5.73 Å². The smallest absolute Gasteiger partial charge is 0.254 e. The predicted molar refractivity (Wildman–Crippen MR) is 119 cm³/mol. The van der Waals surface area contributed by atoms with Crippen LogP contribution < -0.4 is 11.1 Å². The van der Waals surface area contributed by atoms with Crippen LogP contribution >= 0.6 is 0 Å². The third kappa shape index (κ3) is 4.89. The first-order valence-electron chi connectivity index (χ1n) is 11.6. The van der Waals surface area contributed by atoms with Gasteiger partial charge in [0.2, 0.25) is 5.91 Å². The SMILES string of the molecule is Cc1nc2c(C(N)=O)cnn2c(C)c1CCC(=O)NC1CCN(CC2CCCC2)CC1. The van der Waals surface area contributed by atoms with Crippen LogP contribution in [0.25, 0.3) is 5.65 Å². The molecule has 1 aliphatic carbocycles. The predicted octanol–water partition coefficient (Wildman–Crippen LogP) is 2.15. The second-order valence-electron chi connectivity index (χ2n) is 9.21. The number of carbonyl (C=O) groups excluding carboxylic acids is 2. The number of fused-ring (bicyclic) bond motifs is 1.